The van der Waals surface area contributed by atoms with Gasteiger partial charge in [-0.3, -0.25) is 14.3 Å². The van der Waals surface area contributed by atoms with Gasteiger partial charge in [-0.2, -0.15) is 18.3 Å². The van der Waals surface area contributed by atoms with Crippen LogP contribution in [0.2, 0.25) is 0 Å². The Hall–Kier alpha value is -3.02. The van der Waals surface area contributed by atoms with Crippen LogP contribution in [0.5, 0.6) is 0 Å². The number of piperidine rings is 1. The zero-order valence-corrected chi connectivity index (χ0v) is 14.7. The predicted octanol–water partition coefficient (Wildman–Crippen LogP) is 1.07. The normalized spacial score (nSPS) is 16.5. The van der Waals surface area contributed by atoms with E-state index in [2.05, 4.69) is 25.4 Å². The minimum Gasteiger partial charge on any atom is -0.348 e. The van der Waals surface area contributed by atoms with Crippen molar-refractivity contribution < 1.29 is 18.0 Å². The maximum atomic E-state index is 12.7. The lowest BCUT2D eigenvalue weighted by Gasteiger charge is -2.32. The summed E-state index contributed by atoms with van der Waals surface area (Å²) in [4.78, 5) is 26.5. The molecule has 0 atom stereocenters. The van der Waals surface area contributed by atoms with Gasteiger partial charge >= 0.3 is 6.18 Å². The van der Waals surface area contributed by atoms with E-state index in [0.29, 0.717) is 24.3 Å². The van der Waals surface area contributed by atoms with E-state index in [1.54, 1.807) is 17.0 Å². The number of amides is 1. The molecule has 0 aliphatic carbocycles. The fourth-order valence-corrected chi connectivity index (χ4v) is 3.23. The zero-order chi connectivity index (χ0) is 19.7. The Bertz CT molecular complexity index is 960. The molecule has 3 aromatic rings. The number of alkyl halides is 3. The highest BCUT2D eigenvalue weighted by atomic mass is 19.4. The van der Waals surface area contributed by atoms with Crippen molar-refractivity contribution in [2.75, 3.05) is 19.6 Å². The maximum absolute atomic E-state index is 12.7. The summed E-state index contributed by atoms with van der Waals surface area (Å²) in [6.45, 7) is -0.368. The third kappa shape index (κ3) is 3.96. The molecule has 4 rings (SSSR count). The largest absolute Gasteiger partial charge is 0.401 e. The lowest BCUT2D eigenvalue weighted by molar-refractivity contribution is -0.148. The first kappa shape index (κ1) is 18.3. The Morgan fingerprint density at radius 2 is 2.07 bits per heavy atom. The van der Waals surface area contributed by atoms with Crippen LogP contribution in [0.1, 0.15) is 23.3 Å². The van der Waals surface area contributed by atoms with Crippen molar-refractivity contribution in [3.63, 3.8) is 0 Å². The standard InChI is InChI=1S/C16H17F3N8O/c17-16(18,19)8-25-4-1-11(2-5-25)23-15(28)12-7-27-13(21-9-22-27)14(24-12)26-6-3-20-10-26/h3,6-7,9-11H,1-2,4-5,8H2,(H,23,28). The Morgan fingerprint density at radius 3 is 2.75 bits per heavy atom. The highest BCUT2D eigenvalue weighted by Gasteiger charge is 2.33. The number of likely N-dealkylation sites (tertiary alicyclic amines) is 1. The van der Waals surface area contributed by atoms with Crippen molar-refractivity contribution in [1.82, 2.24) is 39.3 Å². The van der Waals surface area contributed by atoms with Gasteiger partial charge in [0.2, 0.25) is 0 Å². The Kier molecular flexibility index (Phi) is 4.71. The van der Waals surface area contributed by atoms with Gasteiger partial charge in [0, 0.05) is 31.5 Å². The van der Waals surface area contributed by atoms with Crippen molar-refractivity contribution in [2.24, 2.45) is 0 Å². The van der Waals surface area contributed by atoms with Gasteiger partial charge in [-0.25, -0.2) is 19.5 Å². The number of carbonyl (C=O) groups is 1. The number of carbonyl (C=O) groups excluding carboxylic acids is 1. The number of rotatable bonds is 4. The molecular formula is C16H17F3N8O. The van der Waals surface area contributed by atoms with Gasteiger partial charge in [-0.05, 0) is 12.8 Å². The first-order valence-corrected chi connectivity index (χ1v) is 8.68. The molecule has 1 amide bonds. The number of hydrogen-bond donors (Lipinski definition) is 1. The van der Waals surface area contributed by atoms with Gasteiger partial charge in [0.1, 0.15) is 18.3 Å². The third-order valence-electron chi connectivity index (χ3n) is 4.55. The summed E-state index contributed by atoms with van der Waals surface area (Å²) in [5.41, 5.74) is 0.606. The van der Waals surface area contributed by atoms with Crippen molar-refractivity contribution >= 4 is 11.6 Å². The molecule has 148 valence electrons. The fourth-order valence-electron chi connectivity index (χ4n) is 3.23. The maximum Gasteiger partial charge on any atom is 0.401 e. The highest BCUT2D eigenvalue weighted by molar-refractivity contribution is 5.92. The first-order valence-electron chi connectivity index (χ1n) is 8.68. The molecule has 12 heteroatoms. The smallest absolute Gasteiger partial charge is 0.348 e. The van der Waals surface area contributed by atoms with E-state index < -0.39 is 18.6 Å². The summed E-state index contributed by atoms with van der Waals surface area (Å²) >= 11 is 0. The number of hydrogen-bond acceptors (Lipinski definition) is 6. The summed E-state index contributed by atoms with van der Waals surface area (Å²) in [5, 5.41) is 6.91. The summed E-state index contributed by atoms with van der Waals surface area (Å²) in [6.07, 6.45) is 4.30. The van der Waals surface area contributed by atoms with Crippen LogP contribution in [0.25, 0.3) is 11.5 Å². The van der Waals surface area contributed by atoms with Crippen molar-refractivity contribution in [2.45, 2.75) is 25.1 Å². The molecule has 0 unspecified atom stereocenters. The van der Waals surface area contributed by atoms with Gasteiger partial charge in [0.25, 0.3) is 5.91 Å². The van der Waals surface area contributed by atoms with E-state index in [1.807, 2.05) is 0 Å². The molecule has 0 aromatic carbocycles. The second-order valence-electron chi connectivity index (χ2n) is 6.59. The summed E-state index contributed by atoms with van der Waals surface area (Å²) in [5.74, 6) is -0.00400. The molecule has 0 saturated carbocycles. The SMILES string of the molecule is O=C(NC1CCN(CC(F)(F)F)CC1)c1cn2ncnc2c(-n2ccnc2)n1. The van der Waals surface area contributed by atoms with Crippen molar-refractivity contribution in [3.8, 4) is 5.82 Å². The number of nitrogens with one attached hydrogen (secondary N) is 1. The Labute approximate surface area is 157 Å². The molecule has 1 aliphatic rings. The van der Waals surface area contributed by atoms with Crippen LogP contribution in [0.4, 0.5) is 13.2 Å². The lowest BCUT2D eigenvalue weighted by atomic mass is 10.0. The Morgan fingerprint density at radius 1 is 1.29 bits per heavy atom. The van der Waals surface area contributed by atoms with Crippen molar-refractivity contribution in [1.29, 1.82) is 0 Å². The van der Waals surface area contributed by atoms with Crippen molar-refractivity contribution in [3.05, 3.63) is 36.9 Å². The van der Waals surface area contributed by atoms with Crippen LogP contribution in [0.3, 0.4) is 0 Å². The number of halogens is 3. The van der Waals surface area contributed by atoms with E-state index in [9.17, 15) is 18.0 Å². The van der Waals surface area contributed by atoms with Gasteiger partial charge in [0.15, 0.2) is 11.5 Å². The van der Waals surface area contributed by atoms with E-state index in [0.717, 1.165) is 0 Å². The first-order chi connectivity index (χ1) is 13.4. The minimum absolute atomic E-state index is 0.138. The molecule has 1 N–H and O–H groups in total. The van der Waals surface area contributed by atoms with Crippen LogP contribution in [-0.4, -0.2) is 71.8 Å². The topological polar surface area (TPSA) is 93.2 Å². The summed E-state index contributed by atoms with van der Waals surface area (Å²) in [7, 11) is 0. The number of imidazole rings is 1. The molecule has 1 saturated heterocycles. The fraction of sp³-hybridized carbons (Fsp3) is 0.438. The molecule has 4 heterocycles. The predicted molar refractivity (Wildman–Crippen MR) is 90.9 cm³/mol. The number of aromatic nitrogens is 6. The van der Waals surface area contributed by atoms with Gasteiger partial charge in [-0.15, -0.1) is 0 Å². The molecule has 9 nitrogen and oxygen atoms in total. The zero-order valence-electron chi connectivity index (χ0n) is 14.7. The number of nitrogens with zero attached hydrogens (tertiary/aromatic N) is 7. The van der Waals surface area contributed by atoms with E-state index in [-0.39, 0.29) is 24.8 Å². The molecule has 28 heavy (non-hydrogen) atoms. The average Bonchev–Trinajstić information content (AvgIpc) is 3.33. The monoisotopic (exact) mass is 394 g/mol. The molecule has 0 spiro atoms. The molecule has 1 aliphatic heterocycles. The molecular weight excluding hydrogens is 377 g/mol. The third-order valence-corrected chi connectivity index (χ3v) is 4.55. The van der Waals surface area contributed by atoms with Crippen LogP contribution >= 0.6 is 0 Å². The highest BCUT2D eigenvalue weighted by Crippen LogP contribution is 2.20. The van der Waals surface area contributed by atoms with Crippen LogP contribution in [0.15, 0.2) is 31.2 Å². The van der Waals surface area contributed by atoms with Gasteiger partial charge < -0.3 is 5.32 Å². The number of fused-ring (bicyclic) bond motifs is 1. The average molecular weight is 394 g/mol. The Balaban J connectivity index is 1.47. The van der Waals surface area contributed by atoms with Gasteiger partial charge in [-0.1, -0.05) is 0 Å². The second kappa shape index (κ2) is 7.19. The molecule has 1 fully saturated rings. The van der Waals surface area contributed by atoms with E-state index in [1.165, 1.54) is 28.3 Å². The van der Waals surface area contributed by atoms with E-state index in [4.69, 9.17) is 0 Å². The summed E-state index contributed by atoms with van der Waals surface area (Å²) in [6, 6.07) is -0.207. The molecule has 0 radical (unpaired) electrons. The van der Waals surface area contributed by atoms with Gasteiger partial charge in [0.05, 0.1) is 12.7 Å². The van der Waals surface area contributed by atoms with Crippen LogP contribution in [-0.2, 0) is 0 Å². The van der Waals surface area contributed by atoms with Crippen LogP contribution in [0, 0.1) is 0 Å². The lowest BCUT2D eigenvalue weighted by Crippen LogP contribution is -2.47. The summed E-state index contributed by atoms with van der Waals surface area (Å²) < 4.78 is 40.5. The van der Waals surface area contributed by atoms with E-state index >= 15 is 0 Å². The van der Waals surface area contributed by atoms with Crippen LogP contribution < -0.4 is 5.32 Å². The molecule has 3 aromatic heterocycles. The second-order valence-corrected chi connectivity index (χ2v) is 6.59. The quantitative estimate of drug-likeness (QED) is 0.712. The molecule has 0 bridgehead atoms. The minimum atomic E-state index is -4.21.